The number of benzene rings is 1. The number of nitrogens with zero attached hydrogens (tertiary/aromatic N) is 3. The van der Waals surface area contributed by atoms with Crippen LogP contribution in [0.4, 0.5) is 22.1 Å². The monoisotopic (exact) mass is 447 g/mol. The summed E-state index contributed by atoms with van der Waals surface area (Å²) in [5.41, 5.74) is 1.39. The number of amides is 1. The SMILES string of the molecule is CC(C)(C)OC(=O)N[C@H]1CCCC[C@H]1Nc1cnc(C#N)c(Nc2cccc3cc[nH]c23)n1. The second-order valence-corrected chi connectivity index (χ2v) is 9.22. The molecule has 0 aliphatic heterocycles. The molecule has 172 valence electrons. The first-order chi connectivity index (χ1) is 15.8. The smallest absolute Gasteiger partial charge is 0.407 e. The van der Waals surface area contributed by atoms with E-state index in [1.54, 1.807) is 6.20 Å². The molecule has 1 aliphatic rings. The van der Waals surface area contributed by atoms with Crippen LogP contribution in [0.1, 0.15) is 52.1 Å². The Balaban J connectivity index is 1.52. The molecule has 4 N–H and O–H groups in total. The van der Waals surface area contributed by atoms with Gasteiger partial charge in [0.1, 0.15) is 17.5 Å². The molecule has 33 heavy (non-hydrogen) atoms. The Kier molecular flexibility index (Phi) is 6.36. The van der Waals surface area contributed by atoms with Crippen molar-refractivity contribution in [3.63, 3.8) is 0 Å². The molecule has 1 saturated carbocycles. The topological polar surface area (TPSA) is 128 Å². The summed E-state index contributed by atoms with van der Waals surface area (Å²) < 4.78 is 5.43. The highest BCUT2D eigenvalue weighted by molar-refractivity contribution is 5.92. The molecule has 0 radical (unpaired) electrons. The van der Waals surface area contributed by atoms with Crippen LogP contribution in [0.3, 0.4) is 0 Å². The minimum atomic E-state index is -0.553. The molecule has 9 nitrogen and oxygen atoms in total. The second kappa shape index (κ2) is 9.36. The Bertz CT molecular complexity index is 1180. The maximum atomic E-state index is 12.3. The van der Waals surface area contributed by atoms with Crippen LogP contribution in [0.15, 0.2) is 36.7 Å². The third kappa shape index (κ3) is 5.52. The minimum absolute atomic E-state index is 0.0202. The van der Waals surface area contributed by atoms with E-state index in [0.717, 1.165) is 42.3 Å². The van der Waals surface area contributed by atoms with Crippen molar-refractivity contribution in [3.05, 3.63) is 42.4 Å². The molecule has 2 aromatic heterocycles. The average Bonchev–Trinajstić information content (AvgIpc) is 3.24. The molecule has 4 rings (SSSR count). The van der Waals surface area contributed by atoms with E-state index >= 15 is 0 Å². The van der Waals surface area contributed by atoms with Crippen molar-refractivity contribution in [1.82, 2.24) is 20.3 Å². The lowest BCUT2D eigenvalue weighted by molar-refractivity contribution is 0.0488. The van der Waals surface area contributed by atoms with Crippen molar-refractivity contribution in [2.75, 3.05) is 10.6 Å². The van der Waals surface area contributed by atoms with Crippen LogP contribution >= 0.6 is 0 Å². The summed E-state index contributed by atoms with van der Waals surface area (Å²) in [5.74, 6) is 0.912. The second-order valence-electron chi connectivity index (χ2n) is 9.22. The Morgan fingerprint density at radius 1 is 1.21 bits per heavy atom. The predicted octanol–water partition coefficient (Wildman–Crippen LogP) is 4.82. The standard InChI is InChI=1S/C24H29N7O2/c1-24(2,3)33-23(32)30-17-9-5-4-8-16(17)28-20-14-27-19(13-25)22(31-20)29-18-10-6-7-15-11-12-26-21(15)18/h6-7,10-12,14,16-17,26H,4-5,8-9H2,1-3H3,(H,30,32)(H2,28,29,31)/t16-,17+/m1/s1. The van der Waals surface area contributed by atoms with E-state index in [0.29, 0.717) is 11.6 Å². The van der Waals surface area contributed by atoms with Crippen LogP contribution in [-0.2, 0) is 4.74 Å². The number of ether oxygens (including phenoxy) is 1. The first-order valence-corrected chi connectivity index (χ1v) is 11.2. The van der Waals surface area contributed by atoms with Crippen LogP contribution in [0.25, 0.3) is 10.9 Å². The van der Waals surface area contributed by atoms with Crippen molar-refractivity contribution in [1.29, 1.82) is 5.26 Å². The first kappa shape index (κ1) is 22.4. The number of rotatable bonds is 5. The zero-order valence-electron chi connectivity index (χ0n) is 19.1. The minimum Gasteiger partial charge on any atom is -0.444 e. The van der Waals surface area contributed by atoms with Gasteiger partial charge in [0.05, 0.1) is 23.4 Å². The predicted molar refractivity (Wildman–Crippen MR) is 127 cm³/mol. The molecule has 1 aromatic carbocycles. The molecular weight excluding hydrogens is 418 g/mol. The summed E-state index contributed by atoms with van der Waals surface area (Å²) in [6, 6.07) is 9.84. The van der Waals surface area contributed by atoms with E-state index in [-0.39, 0.29) is 17.8 Å². The first-order valence-electron chi connectivity index (χ1n) is 11.2. The number of alkyl carbamates (subject to hydrolysis) is 1. The molecule has 1 aliphatic carbocycles. The summed E-state index contributed by atoms with van der Waals surface area (Å²) in [4.78, 5) is 24.4. The summed E-state index contributed by atoms with van der Waals surface area (Å²) in [7, 11) is 0. The molecule has 2 atom stereocenters. The maximum absolute atomic E-state index is 12.3. The number of aromatic amines is 1. The number of aromatic nitrogens is 3. The van der Waals surface area contributed by atoms with Gasteiger partial charge >= 0.3 is 6.09 Å². The number of fused-ring (bicyclic) bond motifs is 1. The lowest BCUT2D eigenvalue weighted by Gasteiger charge is -2.33. The fourth-order valence-corrected chi connectivity index (χ4v) is 4.07. The Labute approximate surface area is 193 Å². The Morgan fingerprint density at radius 2 is 2.00 bits per heavy atom. The van der Waals surface area contributed by atoms with Crippen molar-refractivity contribution < 1.29 is 9.53 Å². The third-order valence-corrected chi connectivity index (χ3v) is 5.52. The van der Waals surface area contributed by atoms with E-state index in [1.807, 2.05) is 51.2 Å². The van der Waals surface area contributed by atoms with Gasteiger partial charge in [0.25, 0.3) is 0 Å². The highest BCUT2D eigenvalue weighted by Gasteiger charge is 2.29. The number of anilines is 3. The number of para-hydroxylation sites is 1. The largest absolute Gasteiger partial charge is 0.444 e. The summed E-state index contributed by atoms with van der Waals surface area (Å²) in [5, 5.41) is 20.2. The third-order valence-electron chi connectivity index (χ3n) is 5.52. The Morgan fingerprint density at radius 3 is 2.76 bits per heavy atom. The average molecular weight is 448 g/mol. The number of hydrogen-bond acceptors (Lipinski definition) is 7. The number of hydrogen-bond donors (Lipinski definition) is 4. The zero-order chi connectivity index (χ0) is 23.4. The van der Waals surface area contributed by atoms with E-state index in [9.17, 15) is 10.1 Å². The van der Waals surface area contributed by atoms with Gasteiger partial charge in [0.2, 0.25) is 0 Å². The molecule has 0 bridgehead atoms. The van der Waals surface area contributed by atoms with Gasteiger partial charge < -0.3 is 25.7 Å². The van der Waals surface area contributed by atoms with Gasteiger partial charge in [0.15, 0.2) is 11.5 Å². The molecule has 1 amide bonds. The van der Waals surface area contributed by atoms with E-state index in [4.69, 9.17) is 4.74 Å². The van der Waals surface area contributed by atoms with Gasteiger partial charge in [-0.15, -0.1) is 0 Å². The van der Waals surface area contributed by atoms with Crippen molar-refractivity contribution in [3.8, 4) is 6.07 Å². The van der Waals surface area contributed by atoms with Gasteiger partial charge in [-0.25, -0.2) is 14.8 Å². The molecule has 1 fully saturated rings. The fraction of sp³-hybridized carbons (Fsp3) is 0.417. The number of carbonyl (C=O) groups excluding carboxylic acids is 1. The normalized spacial score (nSPS) is 18.4. The quantitative estimate of drug-likeness (QED) is 0.441. The Hall–Kier alpha value is -3.80. The van der Waals surface area contributed by atoms with E-state index in [2.05, 4.69) is 37.0 Å². The van der Waals surface area contributed by atoms with Gasteiger partial charge in [-0.3, -0.25) is 0 Å². The number of nitrogens with one attached hydrogen (secondary N) is 4. The van der Waals surface area contributed by atoms with Crippen LogP contribution in [0, 0.1) is 11.3 Å². The van der Waals surface area contributed by atoms with Gasteiger partial charge in [0, 0.05) is 17.6 Å². The number of H-pyrrole nitrogens is 1. The summed E-state index contributed by atoms with van der Waals surface area (Å²) in [6.45, 7) is 5.53. The van der Waals surface area contributed by atoms with E-state index in [1.165, 1.54) is 0 Å². The molecule has 2 heterocycles. The highest BCUT2D eigenvalue weighted by atomic mass is 16.6. The van der Waals surface area contributed by atoms with Crippen molar-refractivity contribution in [2.45, 2.75) is 64.1 Å². The summed E-state index contributed by atoms with van der Waals surface area (Å²) in [6.07, 6.45) is 6.81. The molecule has 0 spiro atoms. The van der Waals surface area contributed by atoms with E-state index < -0.39 is 11.7 Å². The maximum Gasteiger partial charge on any atom is 0.407 e. The molecule has 0 saturated heterocycles. The van der Waals surface area contributed by atoms with Crippen molar-refractivity contribution in [2.24, 2.45) is 0 Å². The molecular formula is C24H29N7O2. The number of nitriles is 1. The van der Waals surface area contributed by atoms with Gasteiger partial charge in [-0.05, 0) is 45.7 Å². The fourth-order valence-electron chi connectivity index (χ4n) is 4.07. The van der Waals surface area contributed by atoms with Gasteiger partial charge in [-0.1, -0.05) is 25.0 Å². The van der Waals surface area contributed by atoms with Crippen LogP contribution in [0.2, 0.25) is 0 Å². The zero-order valence-corrected chi connectivity index (χ0v) is 19.1. The van der Waals surface area contributed by atoms with Crippen molar-refractivity contribution >= 4 is 34.3 Å². The molecule has 0 unspecified atom stereocenters. The number of carbonyl (C=O) groups is 1. The molecule has 9 heteroatoms. The van der Waals surface area contributed by atoms with Crippen LogP contribution < -0.4 is 16.0 Å². The van der Waals surface area contributed by atoms with Gasteiger partial charge in [-0.2, -0.15) is 5.26 Å². The lowest BCUT2D eigenvalue weighted by Crippen LogP contribution is -2.49. The van der Waals surface area contributed by atoms with Crippen LogP contribution in [-0.4, -0.2) is 38.7 Å². The van der Waals surface area contributed by atoms with Crippen LogP contribution in [0.5, 0.6) is 0 Å². The highest BCUT2D eigenvalue weighted by Crippen LogP contribution is 2.27. The lowest BCUT2D eigenvalue weighted by atomic mass is 9.90. The molecule has 3 aromatic rings. The summed E-state index contributed by atoms with van der Waals surface area (Å²) >= 11 is 0.